The summed E-state index contributed by atoms with van der Waals surface area (Å²) in [6.07, 6.45) is 3.72. The van der Waals surface area contributed by atoms with Gasteiger partial charge in [-0.15, -0.1) is 0 Å². The zero-order chi connectivity index (χ0) is 19.1. The van der Waals surface area contributed by atoms with Crippen molar-refractivity contribution in [2.24, 2.45) is 28.4 Å². The van der Waals surface area contributed by atoms with Crippen molar-refractivity contribution in [1.82, 2.24) is 0 Å². The van der Waals surface area contributed by atoms with Crippen LogP contribution in [-0.4, -0.2) is 0 Å². The lowest BCUT2D eigenvalue weighted by atomic mass is 9.55. The molecule has 3 atom stereocenters. The van der Waals surface area contributed by atoms with Crippen molar-refractivity contribution in [1.29, 1.82) is 15.8 Å². The molecule has 2 aliphatic carbocycles. The Morgan fingerprint density at radius 1 is 1.23 bits per heavy atom. The quantitative estimate of drug-likeness (QED) is 0.737. The summed E-state index contributed by atoms with van der Waals surface area (Å²) in [6.45, 7) is 6.66. The van der Waals surface area contributed by atoms with Crippen molar-refractivity contribution in [3.8, 4) is 18.2 Å². The van der Waals surface area contributed by atoms with E-state index in [4.69, 9.17) is 5.73 Å². The number of allylic oxidation sites excluding steroid dienone is 3. The van der Waals surface area contributed by atoms with Crippen LogP contribution < -0.4 is 5.73 Å². The molecule has 1 aromatic rings. The largest absolute Gasteiger partial charge is 0.399 e. The lowest BCUT2D eigenvalue weighted by Crippen LogP contribution is -2.43. The molecule has 5 heteroatoms. The maximum absolute atomic E-state index is 9.87. The summed E-state index contributed by atoms with van der Waals surface area (Å²) in [7, 11) is 0. The minimum Gasteiger partial charge on any atom is -0.399 e. The first-order valence-electron chi connectivity index (χ1n) is 8.75. The third kappa shape index (κ3) is 2.54. The lowest BCUT2D eigenvalue weighted by Gasteiger charge is -2.46. The summed E-state index contributed by atoms with van der Waals surface area (Å²) < 4.78 is 0. The van der Waals surface area contributed by atoms with Crippen molar-refractivity contribution in [3.63, 3.8) is 0 Å². The summed E-state index contributed by atoms with van der Waals surface area (Å²) in [5.41, 5.74) is 7.20. The summed E-state index contributed by atoms with van der Waals surface area (Å²) in [4.78, 5) is 0. The van der Waals surface area contributed by atoms with Gasteiger partial charge in [0.05, 0.1) is 29.5 Å². The van der Waals surface area contributed by atoms with Crippen molar-refractivity contribution in [3.05, 3.63) is 45.3 Å². The Kier molecular flexibility index (Phi) is 4.43. The predicted molar refractivity (Wildman–Crippen MR) is 101 cm³/mol. The van der Waals surface area contributed by atoms with Gasteiger partial charge in [0.25, 0.3) is 0 Å². The zero-order valence-electron chi connectivity index (χ0n) is 15.3. The van der Waals surface area contributed by atoms with Gasteiger partial charge < -0.3 is 5.73 Å². The Morgan fingerprint density at radius 3 is 2.42 bits per heavy atom. The van der Waals surface area contributed by atoms with Crippen LogP contribution in [0.4, 0.5) is 0 Å². The minimum atomic E-state index is -1.52. The van der Waals surface area contributed by atoms with Crippen LogP contribution in [0.3, 0.4) is 0 Å². The van der Waals surface area contributed by atoms with Crippen LogP contribution in [0.25, 0.3) is 0 Å². The third-order valence-corrected chi connectivity index (χ3v) is 6.69. The molecular formula is C21H22N4S. The van der Waals surface area contributed by atoms with Crippen LogP contribution in [0.15, 0.2) is 39.7 Å². The van der Waals surface area contributed by atoms with E-state index in [-0.39, 0.29) is 22.9 Å². The second-order valence-electron chi connectivity index (χ2n) is 8.25. The van der Waals surface area contributed by atoms with E-state index in [0.29, 0.717) is 11.5 Å². The number of nitrogens with zero attached hydrogens (tertiary/aromatic N) is 3. The molecule has 3 rings (SSSR count). The molecule has 1 unspecified atom stereocenters. The van der Waals surface area contributed by atoms with Gasteiger partial charge in [0.2, 0.25) is 5.41 Å². The van der Waals surface area contributed by atoms with E-state index in [1.165, 1.54) is 0 Å². The highest BCUT2D eigenvalue weighted by molar-refractivity contribution is 7.08. The van der Waals surface area contributed by atoms with Crippen LogP contribution in [0.1, 0.15) is 45.1 Å². The van der Waals surface area contributed by atoms with Gasteiger partial charge in [0.1, 0.15) is 0 Å². The molecule has 0 aromatic carbocycles. The third-order valence-electron chi connectivity index (χ3n) is 5.98. The molecule has 0 saturated carbocycles. The average Bonchev–Trinajstić information content (AvgIpc) is 3.14. The second kappa shape index (κ2) is 6.31. The topological polar surface area (TPSA) is 97.4 Å². The number of hydrogen-bond donors (Lipinski definition) is 1. The highest BCUT2D eigenvalue weighted by Gasteiger charge is 2.53. The number of nitrogens with two attached hydrogens (primary N) is 1. The zero-order valence-corrected chi connectivity index (χ0v) is 16.1. The number of rotatable bonds is 1. The highest BCUT2D eigenvalue weighted by Crippen LogP contribution is 2.57. The molecule has 4 nitrogen and oxygen atoms in total. The Bertz CT molecular complexity index is 880. The molecule has 0 saturated heterocycles. The molecule has 0 aliphatic heterocycles. The summed E-state index contributed by atoms with van der Waals surface area (Å²) in [6, 6.07) is 8.53. The molecule has 132 valence electrons. The van der Waals surface area contributed by atoms with Crippen molar-refractivity contribution in [2.75, 3.05) is 0 Å². The van der Waals surface area contributed by atoms with E-state index in [0.717, 1.165) is 24.0 Å². The van der Waals surface area contributed by atoms with Crippen molar-refractivity contribution in [2.45, 2.75) is 39.5 Å². The van der Waals surface area contributed by atoms with Crippen molar-refractivity contribution < 1.29 is 0 Å². The minimum absolute atomic E-state index is 0.0520. The van der Waals surface area contributed by atoms with Crippen LogP contribution in [0, 0.1) is 56.7 Å². The molecule has 0 spiro atoms. The van der Waals surface area contributed by atoms with E-state index < -0.39 is 5.41 Å². The van der Waals surface area contributed by atoms with Gasteiger partial charge in [0.15, 0.2) is 0 Å². The first kappa shape index (κ1) is 18.2. The highest BCUT2D eigenvalue weighted by atomic mass is 32.1. The van der Waals surface area contributed by atoms with E-state index >= 15 is 0 Å². The molecule has 0 amide bonds. The maximum atomic E-state index is 9.87. The smallest absolute Gasteiger partial charge is 0.204 e. The Morgan fingerprint density at radius 2 is 1.92 bits per heavy atom. The molecule has 0 radical (unpaired) electrons. The van der Waals surface area contributed by atoms with Gasteiger partial charge in [-0.3, -0.25) is 0 Å². The number of thiophene rings is 1. The fraction of sp³-hybridized carbons (Fsp3) is 0.476. The van der Waals surface area contributed by atoms with Gasteiger partial charge in [-0.1, -0.05) is 26.8 Å². The monoisotopic (exact) mass is 362 g/mol. The number of hydrogen-bond acceptors (Lipinski definition) is 5. The van der Waals surface area contributed by atoms with Crippen LogP contribution >= 0.6 is 11.3 Å². The van der Waals surface area contributed by atoms with Gasteiger partial charge in [-0.25, -0.2) is 0 Å². The van der Waals surface area contributed by atoms with Crippen LogP contribution in [0.2, 0.25) is 0 Å². The maximum Gasteiger partial charge on any atom is 0.204 e. The van der Waals surface area contributed by atoms with E-state index in [9.17, 15) is 15.8 Å². The van der Waals surface area contributed by atoms with Gasteiger partial charge in [-0.05, 0) is 58.1 Å². The number of fused-ring (bicyclic) bond motifs is 1. The number of nitriles is 3. The van der Waals surface area contributed by atoms with Gasteiger partial charge in [-0.2, -0.15) is 27.1 Å². The molecule has 1 heterocycles. The molecule has 1 aromatic heterocycles. The van der Waals surface area contributed by atoms with Crippen LogP contribution in [0.5, 0.6) is 0 Å². The van der Waals surface area contributed by atoms with Gasteiger partial charge in [0, 0.05) is 5.92 Å². The first-order valence-corrected chi connectivity index (χ1v) is 9.69. The fourth-order valence-electron chi connectivity index (χ4n) is 4.39. The summed E-state index contributed by atoms with van der Waals surface area (Å²) in [5, 5.41) is 33.6. The standard InChI is InChI=1S/C21H22N4S/c1-20(2,3)14-4-5-17-15(8-14)18(13-6-7-26-10-13)16(9-22)19(25)21(17,11-23)12-24/h5-7,10,14-15,18H,4,8,25H2,1-3H3/t14?,15-,18+/m0/s1. The molecule has 2 aliphatic rings. The van der Waals surface area contributed by atoms with E-state index in [2.05, 4.69) is 45.1 Å². The van der Waals surface area contributed by atoms with Gasteiger partial charge >= 0.3 is 0 Å². The molecule has 0 bridgehead atoms. The normalized spacial score (nSPS) is 27.5. The summed E-state index contributed by atoms with van der Waals surface area (Å²) >= 11 is 1.58. The van der Waals surface area contributed by atoms with Crippen molar-refractivity contribution >= 4 is 11.3 Å². The molecule has 26 heavy (non-hydrogen) atoms. The Hall–Kier alpha value is -2.55. The average molecular weight is 363 g/mol. The SMILES string of the molecule is CC(C)(C)C1CC=C2[C@H](C1)[C@@H](c1ccsc1)C(C#N)=C(N)C2(C#N)C#N. The predicted octanol–water partition coefficient (Wildman–Crippen LogP) is 4.61. The summed E-state index contributed by atoms with van der Waals surface area (Å²) in [5.74, 6) is 0.188. The lowest BCUT2D eigenvalue weighted by molar-refractivity contribution is 0.180. The van der Waals surface area contributed by atoms with E-state index in [1.54, 1.807) is 11.3 Å². The molecule has 0 fully saturated rings. The van der Waals surface area contributed by atoms with E-state index in [1.807, 2.05) is 16.8 Å². The second-order valence-corrected chi connectivity index (χ2v) is 9.03. The fourth-order valence-corrected chi connectivity index (χ4v) is 5.08. The van der Waals surface area contributed by atoms with Crippen LogP contribution in [-0.2, 0) is 0 Å². The molecule has 2 N–H and O–H groups in total. The Labute approximate surface area is 158 Å². The molecular weight excluding hydrogens is 340 g/mol. The first-order chi connectivity index (χ1) is 12.3. The Balaban J connectivity index is 2.26.